The first-order valence-electron chi connectivity index (χ1n) is 4.23. The fourth-order valence-corrected chi connectivity index (χ4v) is 1.76. The largest absolute Gasteiger partial charge is 0.368 e. The Hall–Kier alpha value is -0.870. The Balaban J connectivity index is 2.00. The van der Waals surface area contributed by atoms with Gasteiger partial charge in [-0.05, 0) is 6.42 Å². The topological polar surface area (TPSA) is 58.4 Å². The maximum absolute atomic E-state index is 10.9. The van der Waals surface area contributed by atoms with Crippen LogP contribution < -0.4 is 11.1 Å². The molecular weight excluding hydrogens is 154 g/mol. The first-order valence-corrected chi connectivity index (χ1v) is 4.23. The number of hydrogen-bond acceptors (Lipinski definition) is 3. The summed E-state index contributed by atoms with van der Waals surface area (Å²) in [5, 5.41) is 3.18. The molecule has 0 spiro atoms. The Bertz CT molecular complexity index is 226. The van der Waals surface area contributed by atoms with Crippen LogP contribution in [0.5, 0.6) is 0 Å². The van der Waals surface area contributed by atoms with E-state index in [1.165, 1.54) is 0 Å². The monoisotopic (exact) mass is 167 g/mol. The molecule has 2 rings (SSSR count). The number of primary amides is 1. The molecule has 0 aromatic rings. The van der Waals surface area contributed by atoms with Crippen molar-refractivity contribution < 1.29 is 4.79 Å². The highest BCUT2D eigenvalue weighted by Gasteiger charge is 2.30. The number of hydrogen-bond donors (Lipinski definition) is 2. The van der Waals surface area contributed by atoms with E-state index >= 15 is 0 Å². The van der Waals surface area contributed by atoms with Gasteiger partial charge in [-0.25, -0.2) is 0 Å². The number of fused-ring (bicyclic) bond motifs is 1. The second kappa shape index (κ2) is 2.88. The lowest BCUT2D eigenvalue weighted by Crippen LogP contribution is -2.57. The SMILES string of the molecule is NC(=O)C1CCN2CC=CC2N1. The lowest BCUT2D eigenvalue weighted by molar-refractivity contribution is -0.121. The van der Waals surface area contributed by atoms with E-state index in [0.29, 0.717) is 0 Å². The third kappa shape index (κ3) is 1.23. The lowest BCUT2D eigenvalue weighted by atomic mass is 10.1. The van der Waals surface area contributed by atoms with Crippen LogP contribution in [-0.2, 0) is 4.79 Å². The van der Waals surface area contributed by atoms with E-state index in [1.54, 1.807) is 0 Å². The van der Waals surface area contributed by atoms with Crippen molar-refractivity contribution in [3.05, 3.63) is 12.2 Å². The Labute approximate surface area is 71.4 Å². The zero-order valence-electron chi connectivity index (χ0n) is 6.86. The van der Waals surface area contributed by atoms with Gasteiger partial charge in [-0.2, -0.15) is 0 Å². The van der Waals surface area contributed by atoms with E-state index in [9.17, 15) is 4.79 Å². The van der Waals surface area contributed by atoms with Gasteiger partial charge in [-0.1, -0.05) is 12.2 Å². The van der Waals surface area contributed by atoms with Crippen molar-refractivity contribution in [2.45, 2.75) is 18.6 Å². The predicted molar refractivity (Wildman–Crippen MR) is 45.2 cm³/mol. The maximum atomic E-state index is 10.9. The van der Waals surface area contributed by atoms with Crippen LogP contribution in [0.4, 0.5) is 0 Å². The van der Waals surface area contributed by atoms with Crippen molar-refractivity contribution in [3.63, 3.8) is 0 Å². The molecule has 2 aliphatic heterocycles. The normalized spacial score (nSPS) is 35.0. The first kappa shape index (κ1) is 7.76. The van der Waals surface area contributed by atoms with E-state index < -0.39 is 0 Å². The van der Waals surface area contributed by atoms with Gasteiger partial charge in [0.05, 0.1) is 12.2 Å². The summed E-state index contributed by atoms with van der Waals surface area (Å²) < 4.78 is 0. The van der Waals surface area contributed by atoms with Gasteiger partial charge in [0.2, 0.25) is 5.91 Å². The number of nitrogens with one attached hydrogen (secondary N) is 1. The van der Waals surface area contributed by atoms with E-state index in [1.807, 2.05) is 0 Å². The Morgan fingerprint density at radius 2 is 2.50 bits per heavy atom. The Kier molecular flexibility index (Phi) is 1.86. The minimum Gasteiger partial charge on any atom is -0.368 e. The van der Waals surface area contributed by atoms with Crippen molar-refractivity contribution in [3.8, 4) is 0 Å². The van der Waals surface area contributed by atoms with Crippen molar-refractivity contribution in [2.24, 2.45) is 5.73 Å². The minimum absolute atomic E-state index is 0.144. The van der Waals surface area contributed by atoms with Crippen molar-refractivity contribution in [1.29, 1.82) is 0 Å². The van der Waals surface area contributed by atoms with Crippen LogP contribution in [0.3, 0.4) is 0 Å². The van der Waals surface area contributed by atoms with Crippen LogP contribution in [0.1, 0.15) is 6.42 Å². The van der Waals surface area contributed by atoms with Crippen molar-refractivity contribution in [1.82, 2.24) is 10.2 Å². The summed E-state index contributed by atoms with van der Waals surface area (Å²) in [6.45, 7) is 1.95. The van der Waals surface area contributed by atoms with Gasteiger partial charge in [0.25, 0.3) is 0 Å². The quantitative estimate of drug-likeness (QED) is 0.494. The fraction of sp³-hybridized carbons (Fsp3) is 0.625. The molecule has 4 heteroatoms. The van der Waals surface area contributed by atoms with Gasteiger partial charge >= 0.3 is 0 Å². The van der Waals surface area contributed by atoms with E-state index in [2.05, 4.69) is 22.4 Å². The second-order valence-corrected chi connectivity index (χ2v) is 3.28. The van der Waals surface area contributed by atoms with Gasteiger partial charge in [0, 0.05) is 13.1 Å². The van der Waals surface area contributed by atoms with E-state index in [-0.39, 0.29) is 18.1 Å². The van der Waals surface area contributed by atoms with Crippen molar-refractivity contribution >= 4 is 5.91 Å². The Morgan fingerprint density at radius 3 is 3.25 bits per heavy atom. The van der Waals surface area contributed by atoms with Gasteiger partial charge in [-0.3, -0.25) is 15.0 Å². The van der Waals surface area contributed by atoms with Gasteiger partial charge in [0.1, 0.15) is 0 Å². The number of nitrogens with two attached hydrogens (primary N) is 1. The molecule has 0 bridgehead atoms. The van der Waals surface area contributed by atoms with Crippen LogP contribution >= 0.6 is 0 Å². The van der Waals surface area contributed by atoms with E-state index in [0.717, 1.165) is 19.5 Å². The first-order chi connectivity index (χ1) is 5.77. The summed E-state index contributed by atoms with van der Waals surface area (Å²) in [6.07, 6.45) is 5.25. The number of amides is 1. The third-order valence-corrected chi connectivity index (χ3v) is 2.47. The summed E-state index contributed by atoms with van der Waals surface area (Å²) >= 11 is 0. The fourth-order valence-electron chi connectivity index (χ4n) is 1.76. The minimum atomic E-state index is -0.241. The zero-order chi connectivity index (χ0) is 8.55. The van der Waals surface area contributed by atoms with Crippen LogP contribution in [0.2, 0.25) is 0 Å². The third-order valence-electron chi connectivity index (χ3n) is 2.47. The molecule has 0 radical (unpaired) electrons. The van der Waals surface area contributed by atoms with Crippen LogP contribution in [0.15, 0.2) is 12.2 Å². The molecule has 0 aromatic heterocycles. The van der Waals surface area contributed by atoms with Gasteiger partial charge in [0.15, 0.2) is 0 Å². The number of nitrogens with zero attached hydrogens (tertiary/aromatic N) is 1. The molecule has 2 unspecified atom stereocenters. The van der Waals surface area contributed by atoms with Gasteiger partial charge < -0.3 is 5.73 Å². The average Bonchev–Trinajstić information content (AvgIpc) is 2.49. The molecular formula is C8H13N3O. The smallest absolute Gasteiger partial charge is 0.234 e. The molecule has 4 nitrogen and oxygen atoms in total. The average molecular weight is 167 g/mol. The summed E-state index contributed by atoms with van der Waals surface area (Å²) in [4.78, 5) is 13.1. The van der Waals surface area contributed by atoms with Crippen LogP contribution in [0.25, 0.3) is 0 Å². The Morgan fingerprint density at radius 1 is 1.67 bits per heavy atom. The molecule has 1 saturated heterocycles. The standard InChI is InChI=1S/C8H13N3O/c9-8(12)6-3-5-11-4-1-2-7(11)10-6/h1-2,6-7,10H,3-5H2,(H2,9,12). The van der Waals surface area contributed by atoms with Crippen LogP contribution in [0, 0.1) is 0 Å². The second-order valence-electron chi connectivity index (χ2n) is 3.28. The van der Waals surface area contributed by atoms with Crippen molar-refractivity contribution in [2.75, 3.05) is 13.1 Å². The molecule has 0 aliphatic carbocycles. The zero-order valence-corrected chi connectivity index (χ0v) is 6.86. The molecule has 1 fully saturated rings. The molecule has 2 heterocycles. The van der Waals surface area contributed by atoms with Gasteiger partial charge in [-0.15, -0.1) is 0 Å². The summed E-state index contributed by atoms with van der Waals surface area (Å²) in [5.41, 5.74) is 5.21. The number of carbonyl (C=O) groups is 1. The van der Waals surface area contributed by atoms with Crippen LogP contribution in [-0.4, -0.2) is 36.1 Å². The van der Waals surface area contributed by atoms with E-state index in [4.69, 9.17) is 5.73 Å². The number of carbonyl (C=O) groups excluding carboxylic acids is 1. The molecule has 12 heavy (non-hydrogen) atoms. The highest BCUT2D eigenvalue weighted by molar-refractivity contribution is 5.80. The number of rotatable bonds is 1. The predicted octanol–water partition coefficient (Wildman–Crippen LogP) is -0.968. The molecule has 0 aromatic carbocycles. The highest BCUT2D eigenvalue weighted by Crippen LogP contribution is 2.14. The molecule has 66 valence electrons. The summed E-state index contributed by atoms with van der Waals surface area (Å²) in [7, 11) is 0. The summed E-state index contributed by atoms with van der Waals surface area (Å²) in [5.74, 6) is -0.241. The summed E-state index contributed by atoms with van der Waals surface area (Å²) in [6, 6.07) is -0.144. The molecule has 1 amide bonds. The highest BCUT2D eigenvalue weighted by atomic mass is 16.1. The lowest BCUT2D eigenvalue weighted by Gasteiger charge is -2.34. The molecule has 2 atom stereocenters. The molecule has 3 N–H and O–H groups in total. The maximum Gasteiger partial charge on any atom is 0.234 e. The molecule has 0 saturated carbocycles. The molecule has 2 aliphatic rings.